The van der Waals surface area contributed by atoms with Crippen LogP contribution < -0.4 is 0 Å². The van der Waals surface area contributed by atoms with Gasteiger partial charge in [0.1, 0.15) is 23.9 Å². The fourth-order valence-electron chi connectivity index (χ4n) is 5.15. The molecule has 2 aliphatic rings. The van der Waals surface area contributed by atoms with E-state index in [9.17, 15) is 19.5 Å². The summed E-state index contributed by atoms with van der Waals surface area (Å²) in [6, 6.07) is 0. The summed E-state index contributed by atoms with van der Waals surface area (Å²) in [6.45, 7) is 10.5. The van der Waals surface area contributed by atoms with Crippen LogP contribution >= 0.6 is 0 Å². The van der Waals surface area contributed by atoms with Gasteiger partial charge in [-0.25, -0.2) is 9.59 Å². The second-order valence-electron chi connectivity index (χ2n) is 9.09. The number of carboxylic acid groups (broad SMARTS) is 1. The third-order valence-electron chi connectivity index (χ3n) is 7.34. The van der Waals surface area contributed by atoms with Crippen molar-refractivity contribution in [1.82, 2.24) is 0 Å². The van der Waals surface area contributed by atoms with Gasteiger partial charge in [-0.2, -0.15) is 0 Å². The quantitative estimate of drug-likeness (QED) is 0.519. The van der Waals surface area contributed by atoms with Crippen LogP contribution in [0, 0.1) is 24.2 Å². The third-order valence-corrected chi connectivity index (χ3v) is 7.34. The van der Waals surface area contributed by atoms with Gasteiger partial charge in [-0.3, -0.25) is 4.79 Å². The SMILES string of the molecule is C/C=C(/C)C(=O)O[C@H]1c2c(C)coc2C[C@H]2CC[C@H](OC(=O)/C(C)=C/C)[C@H](C(=O)O)[C@]21C. The van der Waals surface area contributed by atoms with Crippen LogP contribution in [0.5, 0.6) is 0 Å². The first kappa shape index (κ1) is 23.8. The van der Waals surface area contributed by atoms with Crippen molar-refractivity contribution in [2.45, 2.75) is 73.0 Å². The molecular formula is C25H32O7. The molecular weight excluding hydrogens is 412 g/mol. The number of fused-ring (bicyclic) bond motifs is 2. The Hall–Kier alpha value is -2.83. The summed E-state index contributed by atoms with van der Waals surface area (Å²) >= 11 is 0. The molecule has 7 nitrogen and oxygen atoms in total. The van der Waals surface area contributed by atoms with Gasteiger partial charge in [-0.15, -0.1) is 0 Å². The molecule has 0 spiro atoms. The Kier molecular flexibility index (Phi) is 6.67. The summed E-state index contributed by atoms with van der Waals surface area (Å²) in [5.74, 6) is -2.52. The molecule has 1 heterocycles. The zero-order chi connectivity index (χ0) is 23.8. The van der Waals surface area contributed by atoms with Crippen molar-refractivity contribution in [3.63, 3.8) is 0 Å². The number of esters is 2. The minimum absolute atomic E-state index is 0.108. The molecule has 7 heteroatoms. The Bertz CT molecular complexity index is 982. The fourth-order valence-corrected chi connectivity index (χ4v) is 5.15. The molecule has 32 heavy (non-hydrogen) atoms. The smallest absolute Gasteiger partial charge is 0.334 e. The molecule has 1 N–H and O–H groups in total. The van der Waals surface area contributed by atoms with Gasteiger partial charge in [0.2, 0.25) is 0 Å². The average Bonchev–Trinajstić information content (AvgIpc) is 3.12. The van der Waals surface area contributed by atoms with Crippen molar-refractivity contribution in [3.05, 3.63) is 46.4 Å². The van der Waals surface area contributed by atoms with E-state index in [0.29, 0.717) is 30.4 Å². The summed E-state index contributed by atoms with van der Waals surface area (Å²) in [7, 11) is 0. The van der Waals surface area contributed by atoms with E-state index in [1.807, 2.05) is 13.8 Å². The number of allylic oxidation sites excluding steroid dienone is 2. The molecule has 0 aliphatic heterocycles. The highest BCUT2D eigenvalue weighted by molar-refractivity contribution is 5.88. The number of carbonyl (C=O) groups excluding carboxylic acids is 2. The lowest BCUT2D eigenvalue weighted by Crippen LogP contribution is -2.56. The highest BCUT2D eigenvalue weighted by Gasteiger charge is 2.62. The van der Waals surface area contributed by atoms with Crippen molar-refractivity contribution in [3.8, 4) is 0 Å². The number of carbonyl (C=O) groups is 3. The van der Waals surface area contributed by atoms with E-state index < -0.39 is 41.4 Å². The lowest BCUT2D eigenvalue weighted by molar-refractivity contribution is -0.196. The normalized spacial score (nSPS) is 30.2. The Balaban J connectivity index is 2.10. The number of rotatable bonds is 5. The van der Waals surface area contributed by atoms with Crippen molar-refractivity contribution in [2.75, 3.05) is 0 Å². The van der Waals surface area contributed by atoms with Crippen LogP contribution in [0.25, 0.3) is 0 Å². The molecule has 0 amide bonds. The zero-order valence-electron chi connectivity index (χ0n) is 19.6. The Labute approximate surface area is 188 Å². The lowest BCUT2D eigenvalue weighted by atomic mass is 9.53. The maximum Gasteiger partial charge on any atom is 0.334 e. The minimum atomic E-state index is -1.07. The predicted molar refractivity (Wildman–Crippen MR) is 117 cm³/mol. The van der Waals surface area contributed by atoms with Gasteiger partial charge in [0.05, 0.1) is 6.26 Å². The highest BCUT2D eigenvalue weighted by Crippen LogP contribution is 2.60. The summed E-state index contributed by atoms with van der Waals surface area (Å²) in [6.07, 6.45) is 4.86. The van der Waals surface area contributed by atoms with Crippen LogP contribution in [0.15, 0.2) is 34.0 Å². The molecule has 1 fully saturated rings. The number of hydrogen-bond donors (Lipinski definition) is 1. The minimum Gasteiger partial charge on any atom is -0.481 e. The van der Waals surface area contributed by atoms with Gasteiger partial charge >= 0.3 is 17.9 Å². The predicted octanol–water partition coefficient (Wildman–Crippen LogP) is 4.69. The first-order valence-corrected chi connectivity index (χ1v) is 11.0. The van der Waals surface area contributed by atoms with Crippen LogP contribution in [0.1, 0.15) is 70.5 Å². The molecule has 5 atom stereocenters. The molecule has 0 radical (unpaired) electrons. The lowest BCUT2D eigenvalue weighted by Gasteiger charge is -2.53. The third kappa shape index (κ3) is 3.89. The van der Waals surface area contributed by atoms with Gasteiger partial charge in [0.15, 0.2) is 0 Å². The van der Waals surface area contributed by atoms with Gasteiger partial charge in [-0.1, -0.05) is 19.1 Å². The number of hydrogen-bond acceptors (Lipinski definition) is 6. The van der Waals surface area contributed by atoms with Gasteiger partial charge in [0, 0.05) is 28.5 Å². The maximum atomic E-state index is 12.8. The molecule has 174 valence electrons. The number of carboxylic acids is 1. The molecule has 0 bridgehead atoms. The number of aliphatic carboxylic acids is 1. The second-order valence-corrected chi connectivity index (χ2v) is 9.09. The highest BCUT2D eigenvalue weighted by atomic mass is 16.6. The van der Waals surface area contributed by atoms with Crippen molar-refractivity contribution >= 4 is 17.9 Å². The van der Waals surface area contributed by atoms with Crippen LogP contribution in [0.3, 0.4) is 0 Å². The van der Waals surface area contributed by atoms with E-state index in [2.05, 4.69) is 0 Å². The molecule has 3 rings (SSSR count). The average molecular weight is 445 g/mol. The maximum absolute atomic E-state index is 12.8. The van der Waals surface area contributed by atoms with E-state index in [1.165, 1.54) is 0 Å². The standard InChI is InChI=1S/C25H32O7/c1-7-13(3)23(28)31-17-10-9-16-11-18-19(15(5)12-30-18)21(32-24(29)14(4)8-2)25(16,6)20(17)22(26)27/h7-8,12,16-17,20-21H,9-11H2,1-6H3,(H,26,27)/b13-7+,14-8-/t16-,17+,20-,21+,25+/m1/s1. The van der Waals surface area contributed by atoms with E-state index in [1.54, 1.807) is 46.1 Å². The van der Waals surface area contributed by atoms with Gasteiger partial charge < -0.3 is 19.0 Å². The van der Waals surface area contributed by atoms with Crippen LogP contribution in [-0.2, 0) is 30.3 Å². The van der Waals surface area contributed by atoms with Gasteiger partial charge in [0.25, 0.3) is 0 Å². The molecule has 0 saturated heterocycles. The van der Waals surface area contributed by atoms with Crippen LogP contribution in [-0.4, -0.2) is 29.1 Å². The van der Waals surface area contributed by atoms with E-state index in [4.69, 9.17) is 13.9 Å². The van der Waals surface area contributed by atoms with Crippen molar-refractivity contribution < 1.29 is 33.4 Å². The number of aryl methyl sites for hydroxylation is 1. The first-order valence-electron chi connectivity index (χ1n) is 11.0. The second kappa shape index (κ2) is 8.96. The number of furan rings is 1. The molecule has 2 aliphatic carbocycles. The molecule has 0 aromatic carbocycles. The van der Waals surface area contributed by atoms with Crippen LogP contribution in [0.2, 0.25) is 0 Å². The Morgan fingerprint density at radius 1 is 1.09 bits per heavy atom. The zero-order valence-corrected chi connectivity index (χ0v) is 19.6. The molecule has 1 aromatic rings. The van der Waals surface area contributed by atoms with Crippen LogP contribution in [0.4, 0.5) is 0 Å². The number of ether oxygens (including phenoxy) is 2. The summed E-state index contributed by atoms with van der Waals surface area (Å²) in [4.78, 5) is 37.9. The van der Waals surface area contributed by atoms with Crippen molar-refractivity contribution in [2.24, 2.45) is 17.3 Å². The van der Waals surface area contributed by atoms with Crippen molar-refractivity contribution in [1.29, 1.82) is 0 Å². The monoisotopic (exact) mass is 444 g/mol. The summed E-state index contributed by atoms with van der Waals surface area (Å²) < 4.78 is 17.5. The Morgan fingerprint density at radius 2 is 1.69 bits per heavy atom. The van der Waals surface area contributed by atoms with E-state index >= 15 is 0 Å². The summed E-state index contributed by atoms with van der Waals surface area (Å²) in [5, 5.41) is 10.3. The topological polar surface area (TPSA) is 103 Å². The first-order chi connectivity index (χ1) is 15.1. The largest absolute Gasteiger partial charge is 0.481 e. The van der Waals surface area contributed by atoms with E-state index in [0.717, 1.165) is 16.9 Å². The van der Waals surface area contributed by atoms with E-state index in [-0.39, 0.29) is 5.92 Å². The molecule has 1 aromatic heterocycles. The molecule has 1 saturated carbocycles. The fraction of sp³-hybridized carbons (Fsp3) is 0.560. The summed E-state index contributed by atoms with van der Waals surface area (Å²) in [5.41, 5.74) is 1.41. The Morgan fingerprint density at radius 3 is 2.25 bits per heavy atom. The molecule has 0 unspecified atom stereocenters. The van der Waals surface area contributed by atoms with Gasteiger partial charge in [-0.05, 0) is 58.9 Å².